The molecule has 1 aliphatic heterocycles. The van der Waals surface area contributed by atoms with E-state index in [9.17, 15) is 31.1 Å². The third-order valence-corrected chi connectivity index (χ3v) is 6.93. The molecule has 0 saturated carbocycles. The summed E-state index contributed by atoms with van der Waals surface area (Å²) in [7, 11) is 0. The Hall–Kier alpha value is -3.60. The van der Waals surface area contributed by atoms with Gasteiger partial charge in [-0.2, -0.15) is 13.2 Å². The van der Waals surface area contributed by atoms with E-state index in [1.165, 1.54) is 29.2 Å². The average Bonchev–Trinajstić information content (AvgIpc) is 3.18. The molecule has 0 spiro atoms. The highest BCUT2D eigenvalue weighted by atomic mass is 19.4. The largest absolute Gasteiger partial charge is 0.573 e. The number of hydrogen-bond acceptors (Lipinski definition) is 4. The van der Waals surface area contributed by atoms with Crippen molar-refractivity contribution < 1.29 is 35.9 Å². The highest BCUT2D eigenvalue weighted by molar-refractivity contribution is 6.00. The summed E-state index contributed by atoms with van der Waals surface area (Å²) >= 11 is 0. The number of benzene rings is 2. The summed E-state index contributed by atoms with van der Waals surface area (Å²) in [6.07, 6.45) is -8.15. The monoisotopic (exact) mass is 565 g/mol. The molecule has 0 aliphatic carbocycles. The van der Waals surface area contributed by atoms with Crippen LogP contribution in [0.2, 0.25) is 0 Å². The van der Waals surface area contributed by atoms with Crippen LogP contribution < -0.4 is 15.0 Å². The van der Waals surface area contributed by atoms with Gasteiger partial charge in [-0.25, -0.2) is 0 Å². The lowest BCUT2D eigenvalue weighted by Gasteiger charge is -2.30. The number of amides is 1. The number of halogens is 6. The van der Waals surface area contributed by atoms with Crippen molar-refractivity contribution in [3.05, 3.63) is 89.2 Å². The van der Waals surface area contributed by atoms with Crippen LogP contribution in [0.25, 0.3) is 0 Å². The van der Waals surface area contributed by atoms with Crippen LogP contribution in [0.4, 0.5) is 32.0 Å². The zero-order valence-corrected chi connectivity index (χ0v) is 22.3. The van der Waals surface area contributed by atoms with Gasteiger partial charge in [-0.05, 0) is 73.2 Å². The molecule has 1 saturated heterocycles. The van der Waals surface area contributed by atoms with E-state index in [-0.39, 0.29) is 18.2 Å². The third-order valence-electron chi connectivity index (χ3n) is 6.93. The van der Waals surface area contributed by atoms with Crippen molar-refractivity contribution in [2.75, 3.05) is 4.90 Å². The fourth-order valence-electron chi connectivity index (χ4n) is 4.85. The van der Waals surface area contributed by atoms with Crippen molar-refractivity contribution in [2.24, 2.45) is 0 Å². The van der Waals surface area contributed by atoms with Gasteiger partial charge in [0.25, 0.3) is 0 Å². The smallest absolute Gasteiger partial charge is 0.406 e. The summed E-state index contributed by atoms with van der Waals surface area (Å²) in [6.45, 7) is 7.50. The Morgan fingerprint density at radius 3 is 2.20 bits per heavy atom. The molecule has 1 aliphatic rings. The van der Waals surface area contributed by atoms with Gasteiger partial charge in [0.15, 0.2) is 0 Å². The Morgan fingerprint density at radius 2 is 1.65 bits per heavy atom. The molecule has 1 N–H and O–H groups in total. The van der Waals surface area contributed by atoms with E-state index in [2.05, 4.69) is 15.0 Å². The SMILES string of the molecule is CC(C)c1ccc(N2C(=O)C(NC(C)(C)c3ccc(C(F)(F)F)nc3)CC2c2cccc(OC(F)(F)F)c2)cc1. The summed E-state index contributed by atoms with van der Waals surface area (Å²) in [4.78, 5) is 18.9. The van der Waals surface area contributed by atoms with E-state index in [1.54, 1.807) is 32.0 Å². The lowest BCUT2D eigenvalue weighted by molar-refractivity contribution is -0.274. The number of anilines is 1. The second-order valence-electron chi connectivity index (χ2n) is 10.6. The van der Waals surface area contributed by atoms with Crippen molar-refractivity contribution in [2.45, 2.75) is 70.2 Å². The summed E-state index contributed by atoms with van der Waals surface area (Å²) in [6, 6.07) is 13.6. The van der Waals surface area contributed by atoms with Crippen LogP contribution in [-0.4, -0.2) is 23.3 Å². The molecule has 4 rings (SSSR count). The van der Waals surface area contributed by atoms with E-state index in [1.807, 2.05) is 26.0 Å². The Balaban J connectivity index is 1.67. The number of nitrogens with one attached hydrogen (secondary N) is 1. The minimum Gasteiger partial charge on any atom is -0.406 e. The van der Waals surface area contributed by atoms with Gasteiger partial charge in [0.2, 0.25) is 5.91 Å². The zero-order chi connectivity index (χ0) is 29.5. The van der Waals surface area contributed by atoms with Crippen LogP contribution >= 0.6 is 0 Å². The second-order valence-corrected chi connectivity index (χ2v) is 10.6. The third kappa shape index (κ3) is 6.57. The molecule has 2 unspecified atom stereocenters. The number of hydrogen-bond donors (Lipinski definition) is 1. The van der Waals surface area contributed by atoms with Gasteiger partial charge in [-0.15, -0.1) is 13.2 Å². The zero-order valence-electron chi connectivity index (χ0n) is 22.3. The fraction of sp³-hybridized carbons (Fsp3) is 0.379. The van der Waals surface area contributed by atoms with Gasteiger partial charge in [0, 0.05) is 17.4 Å². The number of aromatic nitrogens is 1. The molecule has 2 atom stereocenters. The molecular weight excluding hydrogens is 536 g/mol. The molecule has 214 valence electrons. The molecule has 5 nitrogen and oxygen atoms in total. The minimum atomic E-state index is -4.87. The molecule has 3 aromatic rings. The van der Waals surface area contributed by atoms with Gasteiger partial charge in [0.1, 0.15) is 11.4 Å². The molecule has 11 heteroatoms. The first kappa shape index (κ1) is 29.4. The molecule has 2 aromatic carbocycles. The van der Waals surface area contributed by atoms with Crippen molar-refractivity contribution in [3.63, 3.8) is 0 Å². The topological polar surface area (TPSA) is 54.5 Å². The Labute approximate surface area is 228 Å². The molecule has 1 fully saturated rings. The molecule has 1 amide bonds. The van der Waals surface area contributed by atoms with E-state index in [0.29, 0.717) is 16.8 Å². The number of pyridine rings is 1. The van der Waals surface area contributed by atoms with Crippen LogP contribution in [-0.2, 0) is 16.5 Å². The van der Waals surface area contributed by atoms with E-state index in [4.69, 9.17) is 0 Å². The highest BCUT2D eigenvalue weighted by Crippen LogP contribution is 2.40. The van der Waals surface area contributed by atoms with Crippen molar-refractivity contribution in [3.8, 4) is 5.75 Å². The standard InChI is InChI=1S/C29H29F6N3O2/c1-17(2)18-8-11-21(12-9-18)38-24(19-6-5-7-22(14-19)40-29(33,34)35)15-23(26(38)39)37-27(3,4)20-10-13-25(36-16-20)28(30,31)32/h5-14,16-17,23-24,37H,15H2,1-4H3. The van der Waals surface area contributed by atoms with Crippen molar-refractivity contribution in [1.82, 2.24) is 10.3 Å². The van der Waals surface area contributed by atoms with Crippen LogP contribution in [0.15, 0.2) is 66.9 Å². The molecule has 0 radical (unpaired) electrons. The predicted octanol–water partition coefficient (Wildman–Crippen LogP) is 7.49. The molecule has 40 heavy (non-hydrogen) atoms. The number of nitrogens with zero attached hydrogens (tertiary/aromatic N) is 2. The lowest BCUT2D eigenvalue weighted by atomic mass is 9.93. The quantitative estimate of drug-likeness (QED) is 0.302. The number of rotatable bonds is 7. The summed E-state index contributed by atoms with van der Waals surface area (Å²) < 4.78 is 81.8. The number of alkyl halides is 6. The average molecular weight is 566 g/mol. The van der Waals surface area contributed by atoms with Gasteiger partial charge < -0.3 is 9.64 Å². The van der Waals surface area contributed by atoms with E-state index in [0.717, 1.165) is 17.8 Å². The Morgan fingerprint density at radius 1 is 0.975 bits per heavy atom. The first-order valence-electron chi connectivity index (χ1n) is 12.7. The maximum Gasteiger partial charge on any atom is 0.573 e. The number of carbonyl (C=O) groups is 1. The van der Waals surface area contributed by atoms with Gasteiger partial charge in [-0.3, -0.25) is 15.1 Å². The molecule has 1 aromatic heterocycles. The summed E-state index contributed by atoms with van der Waals surface area (Å²) in [5.74, 6) is -0.472. The van der Waals surface area contributed by atoms with Crippen LogP contribution in [0.1, 0.15) is 68.5 Å². The summed E-state index contributed by atoms with van der Waals surface area (Å²) in [5.41, 5.74) is 0.520. The van der Waals surface area contributed by atoms with Gasteiger partial charge >= 0.3 is 12.5 Å². The predicted molar refractivity (Wildman–Crippen MR) is 138 cm³/mol. The van der Waals surface area contributed by atoms with E-state index < -0.39 is 41.6 Å². The fourth-order valence-corrected chi connectivity index (χ4v) is 4.85. The second kappa shape index (κ2) is 10.8. The van der Waals surface area contributed by atoms with Gasteiger partial charge in [0.05, 0.1) is 12.1 Å². The summed E-state index contributed by atoms with van der Waals surface area (Å²) in [5, 5.41) is 3.24. The Bertz CT molecular complexity index is 1340. The molecule has 0 bridgehead atoms. The maximum absolute atomic E-state index is 13.8. The van der Waals surface area contributed by atoms with Crippen LogP contribution in [0.3, 0.4) is 0 Å². The lowest BCUT2D eigenvalue weighted by Crippen LogP contribution is -2.47. The van der Waals surface area contributed by atoms with Crippen LogP contribution in [0, 0.1) is 0 Å². The van der Waals surface area contributed by atoms with Gasteiger partial charge in [-0.1, -0.05) is 44.2 Å². The maximum atomic E-state index is 13.8. The normalized spacial score (nSPS) is 18.5. The first-order chi connectivity index (χ1) is 18.5. The number of carbonyl (C=O) groups excluding carboxylic acids is 1. The number of ether oxygens (including phenoxy) is 1. The van der Waals surface area contributed by atoms with Crippen LogP contribution in [0.5, 0.6) is 5.75 Å². The highest BCUT2D eigenvalue weighted by Gasteiger charge is 2.44. The van der Waals surface area contributed by atoms with E-state index >= 15 is 0 Å². The molecular formula is C29H29F6N3O2. The Kier molecular flexibility index (Phi) is 7.90. The minimum absolute atomic E-state index is 0.192. The first-order valence-corrected chi connectivity index (χ1v) is 12.7. The molecule has 2 heterocycles. The van der Waals surface area contributed by atoms with Crippen molar-refractivity contribution >= 4 is 11.6 Å². The van der Waals surface area contributed by atoms with Crippen molar-refractivity contribution in [1.29, 1.82) is 0 Å².